The van der Waals surface area contributed by atoms with E-state index in [1.807, 2.05) is 12.1 Å². The Balaban J connectivity index is 1.40. The van der Waals surface area contributed by atoms with E-state index in [4.69, 9.17) is 25.8 Å². The predicted octanol–water partition coefficient (Wildman–Crippen LogP) is 4.00. The number of ether oxygens (including phenoxy) is 3. The lowest BCUT2D eigenvalue weighted by atomic mass is 10.1. The zero-order valence-electron chi connectivity index (χ0n) is 14.0. The molecule has 0 N–H and O–H groups in total. The second-order valence-electron chi connectivity index (χ2n) is 5.80. The van der Waals surface area contributed by atoms with Gasteiger partial charge < -0.3 is 19.1 Å². The van der Waals surface area contributed by atoms with Gasteiger partial charge in [-0.05, 0) is 55.3 Å². The summed E-state index contributed by atoms with van der Waals surface area (Å²) >= 11 is 5.83. The zero-order chi connectivity index (χ0) is 17.6. The van der Waals surface area contributed by atoms with Gasteiger partial charge in [0.1, 0.15) is 5.75 Å². The van der Waals surface area contributed by atoms with Gasteiger partial charge in [-0.3, -0.25) is 4.79 Å². The van der Waals surface area contributed by atoms with Crippen LogP contribution in [0.15, 0.2) is 42.5 Å². The van der Waals surface area contributed by atoms with Gasteiger partial charge in [0.15, 0.2) is 11.5 Å². The van der Waals surface area contributed by atoms with Crippen LogP contribution in [0.3, 0.4) is 0 Å². The molecule has 0 aromatic heterocycles. The topological polar surface area (TPSA) is 48.0 Å². The maximum absolute atomic E-state index is 12.4. The molecule has 6 heteroatoms. The Labute approximate surface area is 152 Å². The third-order valence-electron chi connectivity index (χ3n) is 3.94. The number of halogens is 1. The molecular weight excluding hydrogens is 342 g/mol. The summed E-state index contributed by atoms with van der Waals surface area (Å²) in [7, 11) is 1.80. The third kappa shape index (κ3) is 4.57. The van der Waals surface area contributed by atoms with Crippen molar-refractivity contribution >= 4 is 17.5 Å². The van der Waals surface area contributed by atoms with E-state index < -0.39 is 0 Å². The maximum Gasteiger partial charge on any atom is 0.253 e. The van der Waals surface area contributed by atoms with Crippen molar-refractivity contribution in [1.82, 2.24) is 4.90 Å². The number of carbonyl (C=O) groups excluding carboxylic acids is 1. The van der Waals surface area contributed by atoms with Gasteiger partial charge in [0, 0.05) is 24.2 Å². The molecule has 1 aliphatic rings. The van der Waals surface area contributed by atoms with E-state index in [1.165, 1.54) is 0 Å². The van der Waals surface area contributed by atoms with Crippen LogP contribution in [0.25, 0.3) is 0 Å². The zero-order valence-corrected chi connectivity index (χ0v) is 14.8. The number of rotatable bonds is 7. The quantitative estimate of drug-likeness (QED) is 0.699. The average Bonchev–Trinajstić information content (AvgIpc) is 3.10. The summed E-state index contributed by atoms with van der Waals surface area (Å²) in [5, 5.41) is 0.691. The van der Waals surface area contributed by atoms with Gasteiger partial charge in [-0.1, -0.05) is 11.6 Å². The highest BCUT2D eigenvalue weighted by molar-refractivity contribution is 6.30. The molecule has 0 bridgehead atoms. The smallest absolute Gasteiger partial charge is 0.253 e. The van der Waals surface area contributed by atoms with Crippen LogP contribution in [-0.4, -0.2) is 37.8 Å². The molecule has 1 amide bonds. The van der Waals surface area contributed by atoms with E-state index in [1.54, 1.807) is 42.3 Å². The van der Waals surface area contributed by atoms with Crippen LogP contribution in [0.5, 0.6) is 17.2 Å². The third-order valence-corrected chi connectivity index (χ3v) is 4.19. The molecule has 3 rings (SSSR count). The van der Waals surface area contributed by atoms with Crippen LogP contribution in [0, 0.1) is 0 Å². The molecule has 25 heavy (non-hydrogen) atoms. The molecule has 2 aromatic carbocycles. The normalized spacial score (nSPS) is 12.1. The fourth-order valence-corrected chi connectivity index (χ4v) is 2.65. The summed E-state index contributed by atoms with van der Waals surface area (Å²) in [5.41, 5.74) is 0.601. The first-order valence-electron chi connectivity index (χ1n) is 8.17. The lowest BCUT2D eigenvalue weighted by molar-refractivity contribution is 0.0790. The van der Waals surface area contributed by atoms with E-state index in [9.17, 15) is 4.79 Å². The number of hydrogen-bond acceptors (Lipinski definition) is 4. The monoisotopic (exact) mass is 361 g/mol. The first-order valence-corrected chi connectivity index (χ1v) is 8.55. The van der Waals surface area contributed by atoms with Crippen molar-refractivity contribution in [2.45, 2.75) is 12.8 Å². The molecular formula is C19H20ClNO4. The lowest BCUT2D eigenvalue weighted by Crippen LogP contribution is -2.27. The average molecular weight is 362 g/mol. The van der Waals surface area contributed by atoms with Crippen molar-refractivity contribution < 1.29 is 19.0 Å². The second-order valence-corrected chi connectivity index (χ2v) is 6.24. The Morgan fingerprint density at radius 3 is 2.68 bits per heavy atom. The second kappa shape index (κ2) is 8.12. The fraction of sp³-hybridized carbons (Fsp3) is 0.316. The fourth-order valence-electron chi connectivity index (χ4n) is 2.52. The standard InChI is InChI=1S/C19H20ClNO4/c1-21(10-2-3-11-23-16-7-5-15(20)6-8-16)19(22)14-4-9-17-18(12-14)25-13-24-17/h4-9,12H,2-3,10-11,13H2,1H3. The van der Waals surface area contributed by atoms with Crippen LogP contribution >= 0.6 is 11.6 Å². The molecule has 0 saturated carbocycles. The molecule has 0 aliphatic carbocycles. The van der Waals surface area contributed by atoms with Crippen LogP contribution < -0.4 is 14.2 Å². The number of fused-ring (bicyclic) bond motifs is 1. The molecule has 1 aliphatic heterocycles. The molecule has 5 nitrogen and oxygen atoms in total. The summed E-state index contributed by atoms with van der Waals surface area (Å²) in [6, 6.07) is 12.5. The molecule has 1 heterocycles. The van der Waals surface area contributed by atoms with Gasteiger partial charge in [0.05, 0.1) is 6.61 Å². The largest absolute Gasteiger partial charge is 0.494 e. The summed E-state index contributed by atoms with van der Waals surface area (Å²) in [5.74, 6) is 2.07. The Bertz CT molecular complexity index is 733. The lowest BCUT2D eigenvalue weighted by Gasteiger charge is -2.17. The summed E-state index contributed by atoms with van der Waals surface area (Å²) in [6.07, 6.45) is 1.72. The number of carbonyl (C=O) groups is 1. The molecule has 0 saturated heterocycles. The SMILES string of the molecule is CN(CCCCOc1ccc(Cl)cc1)C(=O)c1ccc2c(c1)OCO2. The van der Waals surface area contributed by atoms with E-state index in [2.05, 4.69) is 0 Å². The molecule has 0 fully saturated rings. The molecule has 0 spiro atoms. The first kappa shape index (κ1) is 17.4. The Hall–Kier alpha value is -2.40. The molecule has 132 valence electrons. The number of unbranched alkanes of at least 4 members (excludes halogenated alkanes) is 1. The van der Waals surface area contributed by atoms with Crippen molar-refractivity contribution in [3.05, 3.63) is 53.1 Å². The van der Waals surface area contributed by atoms with Crippen LogP contribution in [0.2, 0.25) is 5.02 Å². The highest BCUT2D eigenvalue weighted by Gasteiger charge is 2.18. The van der Waals surface area contributed by atoms with Gasteiger partial charge in [-0.15, -0.1) is 0 Å². The first-order chi connectivity index (χ1) is 12.1. The number of benzene rings is 2. The number of nitrogens with zero attached hydrogens (tertiary/aromatic N) is 1. The molecule has 0 radical (unpaired) electrons. The van der Waals surface area contributed by atoms with Gasteiger partial charge >= 0.3 is 0 Å². The van der Waals surface area contributed by atoms with Crippen molar-refractivity contribution in [2.24, 2.45) is 0 Å². The molecule has 2 aromatic rings. The Kier molecular flexibility index (Phi) is 5.66. The highest BCUT2D eigenvalue weighted by atomic mass is 35.5. The molecule has 0 unspecified atom stereocenters. The summed E-state index contributed by atoms with van der Waals surface area (Å²) < 4.78 is 16.2. The van der Waals surface area contributed by atoms with Crippen molar-refractivity contribution in [2.75, 3.05) is 27.0 Å². The summed E-state index contributed by atoms with van der Waals surface area (Å²) in [6.45, 7) is 1.47. The van der Waals surface area contributed by atoms with Crippen molar-refractivity contribution in [3.8, 4) is 17.2 Å². The predicted molar refractivity (Wildman–Crippen MR) is 95.7 cm³/mol. The molecule has 0 atom stereocenters. The Morgan fingerprint density at radius 2 is 1.88 bits per heavy atom. The van der Waals surface area contributed by atoms with Crippen molar-refractivity contribution in [3.63, 3.8) is 0 Å². The highest BCUT2D eigenvalue weighted by Crippen LogP contribution is 2.32. The minimum absolute atomic E-state index is 0.0306. The minimum atomic E-state index is -0.0306. The van der Waals surface area contributed by atoms with Gasteiger partial charge in [0.25, 0.3) is 5.91 Å². The van der Waals surface area contributed by atoms with Gasteiger partial charge in [-0.25, -0.2) is 0 Å². The Morgan fingerprint density at radius 1 is 1.12 bits per heavy atom. The number of amides is 1. The van der Waals surface area contributed by atoms with Crippen LogP contribution in [0.1, 0.15) is 23.2 Å². The van der Waals surface area contributed by atoms with Gasteiger partial charge in [0.2, 0.25) is 6.79 Å². The van der Waals surface area contributed by atoms with Gasteiger partial charge in [-0.2, -0.15) is 0 Å². The van der Waals surface area contributed by atoms with Crippen LogP contribution in [0.4, 0.5) is 0 Å². The van der Waals surface area contributed by atoms with E-state index in [0.29, 0.717) is 35.2 Å². The van der Waals surface area contributed by atoms with Crippen LogP contribution in [-0.2, 0) is 0 Å². The number of hydrogen-bond donors (Lipinski definition) is 0. The van der Waals surface area contributed by atoms with E-state index >= 15 is 0 Å². The maximum atomic E-state index is 12.4. The van der Waals surface area contributed by atoms with E-state index in [-0.39, 0.29) is 12.7 Å². The minimum Gasteiger partial charge on any atom is -0.494 e. The van der Waals surface area contributed by atoms with Crippen molar-refractivity contribution in [1.29, 1.82) is 0 Å². The summed E-state index contributed by atoms with van der Waals surface area (Å²) in [4.78, 5) is 14.2. The van der Waals surface area contributed by atoms with E-state index in [0.717, 1.165) is 18.6 Å².